The standard InChI is InChI=1S/C18H13NO4S2/c20-17(15-2-1-7-24-15)16-6-4-12(25-16)9-19-18(21)11-3-5-13-14(8-11)23-10-22-13/h1-8H,9-10H2,(H,19,21). The number of hydrogen-bond donors (Lipinski definition) is 1. The number of benzene rings is 1. The SMILES string of the molecule is O=C(NCc1ccc(C(=O)c2cccs2)s1)c1ccc2c(c1)OCO2. The van der Waals surface area contributed by atoms with Gasteiger partial charge in [0.2, 0.25) is 12.6 Å². The third-order valence-electron chi connectivity index (χ3n) is 3.69. The first-order chi connectivity index (χ1) is 12.2. The Balaban J connectivity index is 1.40. The predicted octanol–water partition coefficient (Wildman–Crippen LogP) is 3.70. The second kappa shape index (κ2) is 6.70. The highest BCUT2D eigenvalue weighted by Crippen LogP contribution is 2.32. The Morgan fingerprint density at radius 2 is 1.92 bits per heavy atom. The summed E-state index contributed by atoms with van der Waals surface area (Å²) in [7, 11) is 0. The molecule has 5 nitrogen and oxygen atoms in total. The Morgan fingerprint density at radius 1 is 1.04 bits per heavy atom. The fourth-order valence-corrected chi connectivity index (χ4v) is 4.08. The van der Waals surface area contributed by atoms with E-state index in [2.05, 4.69) is 5.32 Å². The van der Waals surface area contributed by atoms with Crippen LogP contribution in [0.2, 0.25) is 0 Å². The van der Waals surface area contributed by atoms with Crippen molar-refractivity contribution >= 4 is 34.4 Å². The van der Waals surface area contributed by atoms with Gasteiger partial charge in [0.25, 0.3) is 5.91 Å². The van der Waals surface area contributed by atoms with Crippen molar-refractivity contribution in [2.75, 3.05) is 6.79 Å². The average Bonchev–Trinajstić information content (AvgIpc) is 3.39. The van der Waals surface area contributed by atoms with Crippen LogP contribution < -0.4 is 14.8 Å². The monoisotopic (exact) mass is 371 g/mol. The quantitative estimate of drug-likeness (QED) is 0.695. The first-order valence-corrected chi connectivity index (χ1v) is 9.25. The summed E-state index contributed by atoms with van der Waals surface area (Å²) in [6, 6.07) is 12.4. The number of carbonyl (C=O) groups is 2. The number of fused-ring (bicyclic) bond motifs is 1. The first-order valence-electron chi connectivity index (χ1n) is 7.55. The van der Waals surface area contributed by atoms with E-state index in [1.165, 1.54) is 22.7 Å². The molecular weight excluding hydrogens is 358 g/mol. The Bertz CT molecular complexity index is 930. The van der Waals surface area contributed by atoms with Gasteiger partial charge in [0.05, 0.1) is 16.3 Å². The third kappa shape index (κ3) is 3.29. The van der Waals surface area contributed by atoms with Crippen molar-refractivity contribution in [3.8, 4) is 11.5 Å². The van der Waals surface area contributed by atoms with E-state index in [4.69, 9.17) is 9.47 Å². The summed E-state index contributed by atoms with van der Waals surface area (Å²) in [5.41, 5.74) is 0.510. The minimum atomic E-state index is -0.196. The van der Waals surface area contributed by atoms with E-state index in [0.717, 1.165) is 9.75 Å². The van der Waals surface area contributed by atoms with Gasteiger partial charge in [-0.25, -0.2) is 0 Å². The molecule has 1 amide bonds. The van der Waals surface area contributed by atoms with Crippen LogP contribution in [0.3, 0.4) is 0 Å². The molecule has 25 heavy (non-hydrogen) atoms. The van der Waals surface area contributed by atoms with E-state index >= 15 is 0 Å². The average molecular weight is 371 g/mol. The minimum Gasteiger partial charge on any atom is -0.454 e. The fraction of sp³-hybridized carbons (Fsp3) is 0.111. The van der Waals surface area contributed by atoms with E-state index in [1.54, 1.807) is 24.3 Å². The molecule has 0 spiro atoms. The van der Waals surface area contributed by atoms with Crippen LogP contribution in [0.15, 0.2) is 47.8 Å². The number of amides is 1. The smallest absolute Gasteiger partial charge is 0.251 e. The zero-order valence-electron chi connectivity index (χ0n) is 13.0. The van der Waals surface area contributed by atoms with Gasteiger partial charge in [-0.15, -0.1) is 22.7 Å². The van der Waals surface area contributed by atoms with Gasteiger partial charge in [-0.05, 0) is 41.8 Å². The maximum atomic E-state index is 12.3. The highest BCUT2D eigenvalue weighted by atomic mass is 32.1. The molecule has 1 N–H and O–H groups in total. The van der Waals surface area contributed by atoms with Crippen LogP contribution in [0.1, 0.15) is 29.8 Å². The van der Waals surface area contributed by atoms with Crippen LogP contribution in [0, 0.1) is 0 Å². The lowest BCUT2D eigenvalue weighted by atomic mass is 10.2. The number of carbonyl (C=O) groups excluding carboxylic acids is 2. The van der Waals surface area contributed by atoms with Crippen LogP contribution in [-0.4, -0.2) is 18.5 Å². The maximum absolute atomic E-state index is 12.3. The molecule has 0 saturated heterocycles. The topological polar surface area (TPSA) is 64.6 Å². The molecular formula is C18H13NO4S2. The molecule has 2 aromatic heterocycles. The molecule has 0 unspecified atom stereocenters. The van der Waals surface area contributed by atoms with Crippen molar-refractivity contribution < 1.29 is 19.1 Å². The molecule has 3 heterocycles. The molecule has 126 valence electrons. The molecule has 0 radical (unpaired) electrons. The van der Waals surface area contributed by atoms with Gasteiger partial charge in [0.1, 0.15) is 0 Å². The van der Waals surface area contributed by atoms with Crippen molar-refractivity contribution in [3.63, 3.8) is 0 Å². The fourth-order valence-electron chi connectivity index (χ4n) is 2.43. The Labute approximate surface area is 151 Å². The number of thiophene rings is 2. The van der Waals surface area contributed by atoms with Crippen molar-refractivity contribution in [2.24, 2.45) is 0 Å². The van der Waals surface area contributed by atoms with Crippen LogP contribution in [-0.2, 0) is 6.54 Å². The zero-order chi connectivity index (χ0) is 17.2. The summed E-state index contributed by atoms with van der Waals surface area (Å²) in [6.07, 6.45) is 0. The third-order valence-corrected chi connectivity index (χ3v) is 5.64. The number of hydrogen-bond acceptors (Lipinski definition) is 6. The molecule has 3 aromatic rings. The summed E-state index contributed by atoms with van der Waals surface area (Å²) in [5, 5.41) is 4.74. The lowest BCUT2D eigenvalue weighted by Gasteiger charge is -2.04. The number of nitrogens with one attached hydrogen (secondary N) is 1. The van der Waals surface area contributed by atoms with E-state index in [9.17, 15) is 9.59 Å². The molecule has 0 atom stereocenters. The maximum Gasteiger partial charge on any atom is 0.251 e. The lowest BCUT2D eigenvalue weighted by Crippen LogP contribution is -2.22. The molecule has 7 heteroatoms. The van der Waals surface area contributed by atoms with Crippen molar-refractivity contribution in [1.29, 1.82) is 0 Å². The highest BCUT2D eigenvalue weighted by Gasteiger charge is 2.17. The molecule has 0 fully saturated rings. The van der Waals surface area contributed by atoms with E-state index < -0.39 is 0 Å². The highest BCUT2D eigenvalue weighted by molar-refractivity contribution is 7.16. The lowest BCUT2D eigenvalue weighted by molar-refractivity contribution is 0.0950. The van der Waals surface area contributed by atoms with Gasteiger partial charge in [0.15, 0.2) is 11.5 Å². The Hall–Kier alpha value is -2.64. The van der Waals surface area contributed by atoms with Gasteiger partial charge >= 0.3 is 0 Å². The van der Waals surface area contributed by atoms with Crippen LogP contribution in [0.4, 0.5) is 0 Å². The van der Waals surface area contributed by atoms with E-state index in [0.29, 0.717) is 28.5 Å². The van der Waals surface area contributed by atoms with E-state index in [-0.39, 0.29) is 18.5 Å². The second-order valence-electron chi connectivity index (χ2n) is 5.32. The van der Waals surface area contributed by atoms with Gasteiger partial charge in [-0.3, -0.25) is 9.59 Å². The van der Waals surface area contributed by atoms with Gasteiger partial charge in [-0.1, -0.05) is 6.07 Å². The molecule has 4 rings (SSSR count). The number of rotatable bonds is 5. The largest absolute Gasteiger partial charge is 0.454 e. The second-order valence-corrected chi connectivity index (χ2v) is 7.44. The minimum absolute atomic E-state index is 0.0216. The van der Waals surface area contributed by atoms with Gasteiger partial charge in [-0.2, -0.15) is 0 Å². The summed E-state index contributed by atoms with van der Waals surface area (Å²) in [5.74, 6) is 1.05. The summed E-state index contributed by atoms with van der Waals surface area (Å²) in [4.78, 5) is 26.9. The molecule has 0 aliphatic carbocycles. The number of ether oxygens (including phenoxy) is 2. The molecule has 0 saturated carbocycles. The molecule has 1 aliphatic heterocycles. The summed E-state index contributed by atoms with van der Waals surface area (Å²) < 4.78 is 10.5. The predicted molar refractivity (Wildman–Crippen MR) is 95.8 cm³/mol. The summed E-state index contributed by atoms with van der Waals surface area (Å²) in [6.45, 7) is 0.548. The van der Waals surface area contributed by atoms with Crippen LogP contribution in [0.5, 0.6) is 11.5 Å². The zero-order valence-corrected chi connectivity index (χ0v) is 14.6. The first kappa shape index (κ1) is 15.9. The number of ketones is 1. The van der Waals surface area contributed by atoms with Crippen molar-refractivity contribution in [3.05, 3.63) is 68.0 Å². The molecule has 1 aliphatic rings. The van der Waals surface area contributed by atoms with Crippen molar-refractivity contribution in [2.45, 2.75) is 6.54 Å². The van der Waals surface area contributed by atoms with Crippen LogP contribution >= 0.6 is 22.7 Å². The van der Waals surface area contributed by atoms with E-state index in [1.807, 2.05) is 23.6 Å². The van der Waals surface area contributed by atoms with Gasteiger partial charge < -0.3 is 14.8 Å². The molecule has 0 bridgehead atoms. The van der Waals surface area contributed by atoms with Gasteiger partial charge in [0, 0.05) is 10.4 Å². The van der Waals surface area contributed by atoms with Crippen molar-refractivity contribution in [1.82, 2.24) is 5.32 Å². The Kier molecular flexibility index (Phi) is 4.25. The Morgan fingerprint density at radius 3 is 2.76 bits per heavy atom. The normalized spacial score (nSPS) is 12.2. The molecule has 1 aromatic carbocycles. The van der Waals surface area contributed by atoms with Crippen LogP contribution in [0.25, 0.3) is 0 Å². The summed E-state index contributed by atoms with van der Waals surface area (Å²) >= 11 is 2.82.